The minimum Gasteiger partial charge on any atom is -0.364 e. The first kappa shape index (κ1) is 17.4. The van der Waals surface area contributed by atoms with E-state index in [9.17, 15) is 9.59 Å². The minimum absolute atomic E-state index is 0.0134. The third kappa shape index (κ3) is 3.90. The monoisotopic (exact) mass is 367 g/mol. The summed E-state index contributed by atoms with van der Waals surface area (Å²) < 4.78 is 5.48. The molecule has 0 bridgehead atoms. The van der Waals surface area contributed by atoms with Crippen LogP contribution in [-0.2, 0) is 16.1 Å². The Morgan fingerprint density at radius 3 is 3.00 bits per heavy atom. The Morgan fingerprint density at radius 2 is 2.22 bits per heavy atom. The Bertz CT molecular complexity index is 1020. The number of nitrogens with zero attached hydrogens (tertiary/aromatic N) is 2. The number of hydrogen-bond donors (Lipinski definition) is 3. The molecule has 8 nitrogen and oxygen atoms in total. The highest BCUT2D eigenvalue weighted by Crippen LogP contribution is 2.35. The van der Waals surface area contributed by atoms with Gasteiger partial charge in [-0.25, -0.2) is 9.97 Å². The van der Waals surface area contributed by atoms with E-state index in [4.69, 9.17) is 4.74 Å². The Balaban J connectivity index is 1.21. The summed E-state index contributed by atoms with van der Waals surface area (Å²) in [5, 5.41) is 2.94. The number of amides is 1. The van der Waals surface area contributed by atoms with E-state index in [1.807, 2.05) is 25.1 Å². The summed E-state index contributed by atoms with van der Waals surface area (Å²) >= 11 is 0. The van der Waals surface area contributed by atoms with Gasteiger partial charge in [-0.05, 0) is 31.4 Å². The molecule has 0 saturated heterocycles. The number of aromatic nitrogens is 4. The summed E-state index contributed by atoms with van der Waals surface area (Å²) in [6, 6.07) is 7.56. The molecule has 1 amide bonds. The van der Waals surface area contributed by atoms with Crippen molar-refractivity contribution in [2.75, 3.05) is 6.61 Å². The molecule has 1 aliphatic carbocycles. The third-order valence-corrected chi connectivity index (χ3v) is 4.86. The Morgan fingerprint density at radius 1 is 1.37 bits per heavy atom. The molecule has 0 radical (unpaired) electrons. The van der Waals surface area contributed by atoms with E-state index in [0.717, 1.165) is 35.1 Å². The van der Waals surface area contributed by atoms with Gasteiger partial charge >= 0.3 is 0 Å². The molecule has 27 heavy (non-hydrogen) atoms. The minimum atomic E-state index is -0.151. The van der Waals surface area contributed by atoms with Crippen LogP contribution in [0.1, 0.15) is 35.8 Å². The van der Waals surface area contributed by atoms with Crippen LogP contribution in [0.3, 0.4) is 0 Å². The predicted molar refractivity (Wildman–Crippen MR) is 99.3 cm³/mol. The number of H-pyrrole nitrogens is 2. The van der Waals surface area contributed by atoms with Crippen LogP contribution in [0.4, 0.5) is 0 Å². The van der Waals surface area contributed by atoms with Gasteiger partial charge in [0, 0.05) is 18.0 Å². The maximum atomic E-state index is 12.0. The van der Waals surface area contributed by atoms with Crippen molar-refractivity contribution in [2.24, 2.45) is 0 Å². The van der Waals surface area contributed by atoms with Gasteiger partial charge in [-0.15, -0.1) is 0 Å². The second-order valence-corrected chi connectivity index (χ2v) is 6.92. The van der Waals surface area contributed by atoms with Crippen LogP contribution in [-0.4, -0.2) is 38.5 Å². The number of ether oxygens (including phenoxy) is 1. The second-order valence-electron chi connectivity index (χ2n) is 6.92. The van der Waals surface area contributed by atoms with Gasteiger partial charge in [0.15, 0.2) is 0 Å². The first-order valence-electron chi connectivity index (χ1n) is 8.94. The smallest absolute Gasteiger partial charge is 0.250 e. The van der Waals surface area contributed by atoms with E-state index < -0.39 is 0 Å². The first-order valence-corrected chi connectivity index (χ1v) is 8.94. The number of fused-ring (bicyclic) bond motifs is 1. The summed E-state index contributed by atoms with van der Waals surface area (Å²) in [6.45, 7) is 2.25. The largest absolute Gasteiger partial charge is 0.364 e. The quantitative estimate of drug-likeness (QED) is 0.612. The van der Waals surface area contributed by atoms with Crippen molar-refractivity contribution in [3.63, 3.8) is 0 Å². The van der Waals surface area contributed by atoms with E-state index in [2.05, 4.69) is 25.3 Å². The molecule has 140 valence electrons. The Labute approximate surface area is 155 Å². The number of rotatable bonds is 6. The van der Waals surface area contributed by atoms with Gasteiger partial charge in [0.2, 0.25) is 5.91 Å². The van der Waals surface area contributed by atoms with Crippen molar-refractivity contribution in [1.82, 2.24) is 25.3 Å². The second kappa shape index (κ2) is 7.32. The molecular formula is C19H21N5O3. The number of benzene rings is 1. The lowest BCUT2D eigenvalue weighted by Crippen LogP contribution is -2.45. The number of para-hydroxylation sites is 1. The highest BCUT2D eigenvalue weighted by Gasteiger charge is 2.32. The fourth-order valence-electron chi connectivity index (χ4n) is 3.39. The van der Waals surface area contributed by atoms with E-state index in [1.165, 1.54) is 12.4 Å². The van der Waals surface area contributed by atoms with Crippen LogP contribution < -0.4 is 10.9 Å². The van der Waals surface area contributed by atoms with Crippen LogP contribution in [0.2, 0.25) is 0 Å². The molecule has 1 fully saturated rings. The SMILES string of the molecule is Cc1cccc2[nH]c(COCC(=O)NC3CC(c4cc(=O)[nH]cn4)C3)nc12. The van der Waals surface area contributed by atoms with Crippen molar-refractivity contribution >= 4 is 16.9 Å². The number of hydrogen-bond acceptors (Lipinski definition) is 5. The fourth-order valence-corrected chi connectivity index (χ4v) is 3.39. The first-order chi connectivity index (χ1) is 13.1. The molecule has 0 spiro atoms. The lowest BCUT2D eigenvalue weighted by atomic mass is 9.78. The summed E-state index contributed by atoms with van der Waals surface area (Å²) in [5.41, 5.74) is 3.62. The molecule has 2 heterocycles. The van der Waals surface area contributed by atoms with Gasteiger partial charge in [0.05, 0.1) is 23.1 Å². The fraction of sp³-hybridized carbons (Fsp3) is 0.368. The lowest BCUT2D eigenvalue weighted by Gasteiger charge is -2.35. The zero-order valence-corrected chi connectivity index (χ0v) is 15.0. The highest BCUT2D eigenvalue weighted by molar-refractivity contribution is 5.78. The Hall–Kier alpha value is -3.00. The van der Waals surface area contributed by atoms with Crippen molar-refractivity contribution in [2.45, 2.75) is 38.3 Å². The number of nitrogens with one attached hydrogen (secondary N) is 3. The van der Waals surface area contributed by atoms with Crippen LogP contribution in [0.5, 0.6) is 0 Å². The van der Waals surface area contributed by atoms with Crippen molar-refractivity contribution in [3.05, 3.63) is 58.0 Å². The van der Waals surface area contributed by atoms with Crippen LogP contribution in [0.25, 0.3) is 11.0 Å². The van der Waals surface area contributed by atoms with E-state index in [0.29, 0.717) is 5.82 Å². The van der Waals surface area contributed by atoms with Crippen molar-refractivity contribution in [3.8, 4) is 0 Å². The van der Waals surface area contributed by atoms with Gasteiger partial charge in [-0.2, -0.15) is 0 Å². The molecule has 0 unspecified atom stereocenters. The van der Waals surface area contributed by atoms with Gasteiger partial charge < -0.3 is 20.0 Å². The van der Waals surface area contributed by atoms with Crippen molar-refractivity contribution in [1.29, 1.82) is 0 Å². The highest BCUT2D eigenvalue weighted by atomic mass is 16.5. The normalized spacial score (nSPS) is 19.0. The zero-order valence-electron chi connectivity index (χ0n) is 15.0. The standard InChI is InChI=1S/C19H21N5O3/c1-11-3-2-4-14-19(11)24-16(23-14)8-27-9-18(26)22-13-5-12(6-13)15-7-17(25)21-10-20-15/h2-4,7,10,12-13H,5-6,8-9H2,1H3,(H,22,26)(H,23,24)(H,20,21,25). The lowest BCUT2D eigenvalue weighted by molar-refractivity contribution is -0.127. The number of carbonyl (C=O) groups excluding carboxylic acids is 1. The van der Waals surface area contributed by atoms with Gasteiger partial charge in [0.1, 0.15) is 19.0 Å². The number of aryl methyl sites for hydroxylation is 1. The number of imidazole rings is 1. The molecule has 3 aromatic rings. The summed E-state index contributed by atoms with van der Waals surface area (Å²) in [4.78, 5) is 37.7. The summed E-state index contributed by atoms with van der Waals surface area (Å²) in [5.74, 6) is 0.776. The van der Waals surface area contributed by atoms with E-state index in [-0.39, 0.29) is 36.6 Å². The van der Waals surface area contributed by atoms with Crippen LogP contribution >= 0.6 is 0 Å². The number of carbonyl (C=O) groups is 1. The van der Waals surface area contributed by atoms with E-state index in [1.54, 1.807) is 0 Å². The number of aromatic amines is 2. The van der Waals surface area contributed by atoms with Crippen LogP contribution in [0, 0.1) is 6.92 Å². The molecular weight excluding hydrogens is 346 g/mol. The summed E-state index contributed by atoms with van der Waals surface area (Å²) in [6.07, 6.45) is 2.98. The van der Waals surface area contributed by atoms with E-state index >= 15 is 0 Å². The maximum absolute atomic E-state index is 12.0. The average Bonchev–Trinajstić information content (AvgIpc) is 3.02. The molecule has 8 heteroatoms. The summed E-state index contributed by atoms with van der Waals surface area (Å²) in [7, 11) is 0. The topological polar surface area (TPSA) is 113 Å². The van der Waals surface area contributed by atoms with Gasteiger partial charge in [-0.1, -0.05) is 12.1 Å². The van der Waals surface area contributed by atoms with Crippen LogP contribution in [0.15, 0.2) is 35.4 Å². The molecule has 1 saturated carbocycles. The van der Waals surface area contributed by atoms with Gasteiger partial charge in [-0.3, -0.25) is 9.59 Å². The predicted octanol–water partition coefficient (Wildman–Crippen LogP) is 1.53. The van der Waals surface area contributed by atoms with Gasteiger partial charge in [0.25, 0.3) is 5.56 Å². The molecule has 1 aromatic carbocycles. The molecule has 4 rings (SSSR count). The van der Waals surface area contributed by atoms with Crippen molar-refractivity contribution < 1.29 is 9.53 Å². The third-order valence-electron chi connectivity index (χ3n) is 4.86. The zero-order chi connectivity index (χ0) is 18.8. The Kier molecular flexibility index (Phi) is 4.72. The molecule has 2 aromatic heterocycles. The molecule has 3 N–H and O–H groups in total. The molecule has 0 atom stereocenters. The average molecular weight is 367 g/mol. The maximum Gasteiger partial charge on any atom is 0.250 e. The molecule has 1 aliphatic rings. The molecule has 0 aliphatic heterocycles.